The second-order valence-electron chi connectivity index (χ2n) is 6.17. The van der Waals surface area contributed by atoms with E-state index in [9.17, 15) is 14.4 Å². The van der Waals surface area contributed by atoms with Gasteiger partial charge in [0.2, 0.25) is 5.78 Å². The highest BCUT2D eigenvalue weighted by Gasteiger charge is 2.27. The number of aromatic nitrogens is 1. The number of nitrogens with one attached hydrogen (secondary N) is 1. The van der Waals surface area contributed by atoms with Crippen LogP contribution in [0.15, 0.2) is 30.3 Å². The second kappa shape index (κ2) is 9.37. The normalized spacial score (nSPS) is 12.0. The number of carbonyl (C=O) groups excluding carboxylic acids is 3. The fourth-order valence-electron chi connectivity index (χ4n) is 2.71. The minimum atomic E-state index is -1.02. The molecular weight excluding hydrogens is 382 g/mol. The van der Waals surface area contributed by atoms with E-state index in [1.54, 1.807) is 51.1 Å². The van der Waals surface area contributed by atoms with Gasteiger partial charge in [0.1, 0.15) is 0 Å². The average molecular weight is 404 g/mol. The van der Waals surface area contributed by atoms with Crippen LogP contribution in [0.3, 0.4) is 0 Å². The Kier molecular flexibility index (Phi) is 7.18. The summed E-state index contributed by atoms with van der Waals surface area (Å²) in [4.78, 5) is 39.6. The number of ketones is 1. The minimum absolute atomic E-state index is 0.225. The third-order valence-corrected chi connectivity index (χ3v) is 4.36. The van der Waals surface area contributed by atoms with E-state index in [-0.39, 0.29) is 12.3 Å². The van der Waals surface area contributed by atoms with E-state index in [0.717, 1.165) is 5.56 Å². The van der Waals surface area contributed by atoms with Crippen molar-refractivity contribution in [3.8, 4) is 0 Å². The number of esters is 2. The first-order chi connectivity index (χ1) is 13.2. The number of hydrogen-bond acceptors (Lipinski definition) is 5. The molecule has 28 heavy (non-hydrogen) atoms. The molecule has 2 rings (SSSR count). The van der Waals surface area contributed by atoms with Gasteiger partial charge in [0, 0.05) is 16.8 Å². The van der Waals surface area contributed by atoms with Gasteiger partial charge >= 0.3 is 11.9 Å². The Morgan fingerprint density at radius 3 is 2.43 bits per heavy atom. The van der Waals surface area contributed by atoms with E-state index < -0.39 is 23.8 Å². The molecule has 0 spiro atoms. The second-order valence-corrected chi connectivity index (χ2v) is 6.61. The number of hydrogen-bond donors (Lipinski definition) is 1. The van der Waals surface area contributed by atoms with Crippen LogP contribution >= 0.6 is 11.6 Å². The predicted molar refractivity (Wildman–Crippen MR) is 107 cm³/mol. The van der Waals surface area contributed by atoms with E-state index in [1.165, 1.54) is 13.0 Å². The van der Waals surface area contributed by atoms with Crippen LogP contribution < -0.4 is 0 Å². The molecule has 0 saturated heterocycles. The molecule has 148 valence electrons. The van der Waals surface area contributed by atoms with Gasteiger partial charge in [0.05, 0.1) is 17.9 Å². The molecule has 7 heteroatoms. The molecule has 0 aliphatic heterocycles. The number of Topliss-reactive ketones (excluding diaryl/α,β-unsaturated/α-hetero) is 1. The first kappa shape index (κ1) is 21.4. The van der Waals surface area contributed by atoms with Gasteiger partial charge < -0.3 is 14.5 Å². The Balaban J connectivity index is 2.08. The van der Waals surface area contributed by atoms with Crippen LogP contribution in [-0.4, -0.2) is 35.4 Å². The Hall–Kier alpha value is -2.86. The molecule has 0 saturated carbocycles. The third-order valence-electron chi connectivity index (χ3n) is 4.11. The lowest BCUT2D eigenvalue weighted by molar-refractivity contribution is -0.140. The number of carbonyl (C=O) groups is 3. The summed E-state index contributed by atoms with van der Waals surface area (Å²) in [5, 5.41) is 0.595. The summed E-state index contributed by atoms with van der Waals surface area (Å²) >= 11 is 5.81. The summed E-state index contributed by atoms with van der Waals surface area (Å²) in [5.74, 6) is -1.57. The lowest BCUT2D eigenvalue weighted by atomic mass is 10.1. The molecule has 0 unspecified atom stereocenters. The SMILES string of the molecule is CCOC(=O)c1c(C)[nH]c(C(=O)[C@H](C)OC(=O)/C=C/c2ccc(Cl)cc2)c1C. The summed E-state index contributed by atoms with van der Waals surface area (Å²) in [7, 11) is 0. The minimum Gasteiger partial charge on any atom is -0.462 e. The van der Waals surface area contributed by atoms with Crippen molar-refractivity contribution in [2.75, 3.05) is 6.61 Å². The summed E-state index contributed by atoms with van der Waals surface area (Å²) < 4.78 is 10.2. The zero-order chi connectivity index (χ0) is 20.8. The number of benzene rings is 1. The molecule has 0 fully saturated rings. The molecule has 1 atom stereocenters. The lowest BCUT2D eigenvalue weighted by Crippen LogP contribution is -2.24. The van der Waals surface area contributed by atoms with Crippen LogP contribution in [-0.2, 0) is 14.3 Å². The maximum absolute atomic E-state index is 12.7. The molecule has 0 radical (unpaired) electrons. The quantitative estimate of drug-likeness (QED) is 0.423. The van der Waals surface area contributed by atoms with E-state index in [4.69, 9.17) is 21.1 Å². The Morgan fingerprint density at radius 1 is 1.18 bits per heavy atom. The number of ether oxygens (including phenoxy) is 2. The van der Waals surface area contributed by atoms with Crippen LogP contribution in [0.1, 0.15) is 51.5 Å². The molecule has 6 nitrogen and oxygen atoms in total. The van der Waals surface area contributed by atoms with Crippen molar-refractivity contribution in [3.05, 3.63) is 63.4 Å². The van der Waals surface area contributed by atoms with Crippen molar-refractivity contribution in [3.63, 3.8) is 0 Å². The fraction of sp³-hybridized carbons (Fsp3) is 0.286. The summed E-state index contributed by atoms with van der Waals surface area (Å²) in [6, 6.07) is 6.91. The number of H-pyrrole nitrogens is 1. The number of aromatic amines is 1. The highest BCUT2D eigenvalue weighted by molar-refractivity contribution is 6.30. The summed E-state index contributed by atoms with van der Waals surface area (Å²) in [5.41, 5.74) is 2.32. The molecule has 0 amide bonds. The van der Waals surface area contributed by atoms with Gasteiger partial charge in [-0.25, -0.2) is 9.59 Å². The smallest absolute Gasteiger partial charge is 0.340 e. The molecule has 0 aliphatic rings. The van der Waals surface area contributed by atoms with Gasteiger partial charge in [-0.1, -0.05) is 23.7 Å². The molecular formula is C21H22ClNO5. The van der Waals surface area contributed by atoms with Crippen molar-refractivity contribution in [1.82, 2.24) is 4.98 Å². The summed E-state index contributed by atoms with van der Waals surface area (Å²) in [6.45, 7) is 6.76. The Labute approximate surface area is 168 Å². The molecule has 1 aromatic carbocycles. The van der Waals surface area contributed by atoms with Crippen molar-refractivity contribution >= 4 is 35.4 Å². The molecule has 0 aliphatic carbocycles. The average Bonchev–Trinajstić information content (AvgIpc) is 2.95. The molecule has 1 heterocycles. The monoisotopic (exact) mass is 403 g/mol. The van der Waals surface area contributed by atoms with E-state index in [2.05, 4.69) is 4.98 Å². The van der Waals surface area contributed by atoms with E-state index in [1.807, 2.05) is 0 Å². The first-order valence-electron chi connectivity index (χ1n) is 8.79. The maximum atomic E-state index is 12.7. The number of rotatable bonds is 7. The Morgan fingerprint density at radius 2 is 1.82 bits per heavy atom. The molecule has 2 aromatic rings. The predicted octanol–water partition coefficient (Wildman–Crippen LogP) is 4.29. The van der Waals surface area contributed by atoms with Gasteiger partial charge in [0.25, 0.3) is 0 Å². The van der Waals surface area contributed by atoms with Crippen molar-refractivity contribution in [1.29, 1.82) is 0 Å². The largest absolute Gasteiger partial charge is 0.462 e. The van der Waals surface area contributed by atoms with Gasteiger partial charge in [-0.2, -0.15) is 0 Å². The topological polar surface area (TPSA) is 85.5 Å². The molecule has 1 aromatic heterocycles. The molecule has 1 N–H and O–H groups in total. The standard InChI is InChI=1S/C21H22ClNO5/c1-5-27-21(26)18-12(2)19(23-13(18)3)20(25)14(4)28-17(24)11-8-15-6-9-16(22)10-7-15/h6-11,14,23H,5H2,1-4H3/b11-8+/t14-/m0/s1. The Bertz CT molecular complexity index is 912. The number of aryl methyl sites for hydroxylation is 1. The van der Waals surface area contributed by atoms with Crippen LogP contribution in [0.2, 0.25) is 5.02 Å². The van der Waals surface area contributed by atoms with Crippen LogP contribution in [0.25, 0.3) is 6.08 Å². The van der Waals surface area contributed by atoms with Crippen molar-refractivity contribution < 1.29 is 23.9 Å². The van der Waals surface area contributed by atoms with E-state index >= 15 is 0 Å². The fourth-order valence-corrected chi connectivity index (χ4v) is 2.84. The lowest BCUT2D eigenvalue weighted by Gasteiger charge is -2.10. The maximum Gasteiger partial charge on any atom is 0.340 e. The van der Waals surface area contributed by atoms with Crippen molar-refractivity contribution in [2.45, 2.75) is 33.8 Å². The van der Waals surface area contributed by atoms with Gasteiger partial charge in [-0.3, -0.25) is 4.79 Å². The zero-order valence-electron chi connectivity index (χ0n) is 16.2. The van der Waals surface area contributed by atoms with E-state index in [0.29, 0.717) is 21.8 Å². The van der Waals surface area contributed by atoms with Crippen LogP contribution in [0.4, 0.5) is 0 Å². The van der Waals surface area contributed by atoms with Gasteiger partial charge in [0.15, 0.2) is 6.10 Å². The van der Waals surface area contributed by atoms with Gasteiger partial charge in [-0.05, 0) is 57.0 Å². The highest BCUT2D eigenvalue weighted by atomic mass is 35.5. The highest BCUT2D eigenvalue weighted by Crippen LogP contribution is 2.21. The first-order valence-corrected chi connectivity index (χ1v) is 9.17. The third kappa shape index (κ3) is 5.10. The summed E-state index contributed by atoms with van der Waals surface area (Å²) in [6.07, 6.45) is 1.79. The number of halogens is 1. The molecule has 0 bridgehead atoms. The van der Waals surface area contributed by atoms with Crippen molar-refractivity contribution in [2.24, 2.45) is 0 Å². The zero-order valence-corrected chi connectivity index (χ0v) is 16.9. The van der Waals surface area contributed by atoms with Gasteiger partial charge in [-0.15, -0.1) is 0 Å². The van der Waals surface area contributed by atoms with Crippen LogP contribution in [0, 0.1) is 13.8 Å². The van der Waals surface area contributed by atoms with Crippen LogP contribution in [0.5, 0.6) is 0 Å².